The Morgan fingerprint density at radius 3 is 2.50 bits per heavy atom. The number of hydrogen-bond donors (Lipinski definition) is 1. The summed E-state index contributed by atoms with van der Waals surface area (Å²) >= 11 is 7.07. The maximum Gasteiger partial charge on any atom is 0.266 e. The fraction of sp³-hybridized carbons (Fsp3) is 0.125. The van der Waals surface area contributed by atoms with Crippen LogP contribution in [0.2, 0.25) is 5.02 Å². The molecule has 0 radical (unpaired) electrons. The van der Waals surface area contributed by atoms with E-state index in [4.69, 9.17) is 16.3 Å². The zero-order valence-corrected chi connectivity index (χ0v) is 18.6. The molecule has 1 heterocycles. The van der Waals surface area contributed by atoms with Crippen LogP contribution in [0.1, 0.15) is 0 Å². The highest BCUT2D eigenvalue weighted by molar-refractivity contribution is 7.99. The van der Waals surface area contributed by atoms with Crippen molar-refractivity contribution in [3.63, 3.8) is 0 Å². The van der Waals surface area contributed by atoms with E-state index in [2.05, 4.69) is 10.3 Å². The van der Waals surface area contributed by atoms with Gasteiger partial charge in [-0.1, -0.05) is 53.7 Å². The molecule has 0 bridgehead atoms. The third-order valence-electron chi connectivity index (χ3n) is 4.60. The van der Waals surface area contributed by atoms with Crippen molar-refractivity contribution in [2.45, 2.75) is 5.16 Å². The van der Waals surface area contributed by atoms with Crippen molar-refractivity contribution in [2.75, 3.05) is 18.9 Å². The highest BCUT2D eigenvalue weighted by Crippen LogP contribution is 2.21. The van der Waals surface area contributed by atoms with E-state index in [1.807, 2.05) is 42.5 Å². The SMILES string of the molecule is O=C(CSc1nc2ccccc2c(=O)n1-c1ccccc1)NCCOc1ccc(Cl)cc1. The Morgan fingerprint density at radius 2 is 1.72 bits per heavy atom. The molecule has 0 fully saturated rings. The maximum absolute atomic E-state index is 13.1. The van der Waals surface area contributed by atoms with Crippen molar-refractivity contribution in [2.24, 2.45) is 0 Å². The monoisotopic (exact) mass is 465 g/mol. The summed E-state index contributed by atoms with van der Waals surface area (Å²) in [6, 6.07) is 23.5. The van der Waals surface area contributed by atoms with Crippen LogP contribution in [-0.4, -0.2) is 34.4 Å². The second kappa shape index (κ2) is 10.3. The van der Waals surface area contributed by atoms with E-state index in [-0.39, 0.29) is 17.2 Å². The number of rotatable bonds is 8. The van der Waals surface area contributed by atoms with E-state index < -0.39 is 0 Å². The molecule has 1 amide bonds. The summed E-state index contributed by atoms with van der Waals surface area (Å²) in [5, 5.41) is 4.45. The number of aromatic nitrogens is 2. The number of nitrogens with one attached hydrogen (secondary N) is 1. The minimum atomic E-state index is -0.170. The normalized spacial score (nSPS) is 10.8. The Balaban J connectivity index is 1.42. The molecule has 4 rings (SSSR count). The number of benzene rings is 3. The predicted molar refractivity (Wildman–Crippen MR) is 128 cm³/mol. The molecule has 0 aliphatic heterocycles. The van der Waals surface area contributed by atoms with Gasteiger partial charge in [-0.3, -0.25) is 14.2 Å². The third-order valence-corrected chi connectivity index (χ3v) is 5.79. The Hall–Kier alpha value is -3.29. The fourth-order valence-corrected chi connectivity index (χ4v) is 4.05. The molecule has 3 aromatic carbocycles. The van der Waals surface area contributed by atoms with Gasteiger partial charge in [0.25, 0.3) is 5.56 Å². The van der Waals surface area contributed by atoms with E-state index in [1.54, 1.807) is 41.0 Å². The van der Waals surface area contributed by atoms with Gasteiger partial charge in [-0.25, -0.2) is 4.98 Å². The summed E-state index contributed by atoms with van der Waals surface area (Å²) in [5.41, 5.74) is 1.14. The summed E-state index contributed by atoms with van der Waals surface area (Å²) in [6.07, 6.45) is 0. The summed E-state index contributed by atoms with van der Waals surface area (Å²) in [7, 11) is 0. The molecule has 0 saturated heterocycles. The number of nitrogens with zero attached hydrogens (tertiary/aromatic N) is 2. The molecule has 32 heavy (non-hydrogen) atoms. The molecular weight excluding hydrogens is 446 g/mol. The van der Waals surface area contributed by atoms with Gasteiger partial charge < -0.3 is 10.1 Å². The van der Waals surface area contributed by atoms with Gasteiger partial charge >= 0.3 is 0 Å². The zero-order chi connectivity index (χ0) is 22.3. The largest absolute Gasteiger partial charge is 0.492 e. The molecule has 162 valence electrons. The highest BCUT2D eigenvalue weighted by Gasteiger charge is 2.14. The van der Waals surface area contributed by atoms with Crippen LogP contribution in [-0.2, 0) is 4.79 Å². The number of halogens is 1. The second-order valence-electron chi connectivity index (χ2n) is 6.83. The second-order valence-corrected chi connectivity index (χ2v) is 8.21. The third kappa shape index (κ3) is 5.30. The number of carbonyl (C=O) groups excluding carboxylic acids is 1. The number of para-hydroxylation sites is 2. The van der Waals surface area contributed by atoms with Crippen molar-refractivity contribution in [3.05, 3.63) is 94.2 Å². The number of amides is 1. The van der Waals surface area contributed by atoms with Gasteiger partial charge in [-0.15, -0.1) is 0 Å². The van der Waals surface area contributed by atoms with Gasteiger partial charge in [-0.2, -0.15) is 0 Å². The molecular formula is C24H20ClN3O3S. The van der Waals surface area contributed by atoms with Crippen LogP contribution in [0.3, 0.4) is 0 Å². The van der Waals surface area contributed by atoms with Crippen molar-refractivity contribution in [3.8, 4) is 11.4 Å². The van der Waals surface area contributed by atoms with Gasteiger partial charge in [0.15, 0.2) is 5.16 Å². The molecule has 4 aromatic rings. The van der Waals surface area contributed by atoms with E-state index in [1.165, 1.54) is 11.8 Å². The average Bonchev–Trinajstić information content (AvgIpc) is 2.82. The fourth-order valence-electron chi connectivity index (χ4n) is 3.09. The Bertz CT molecular complexity index is 1280. The van der Waals surface area contributed by atoms with Gasteiger partial charge in [0, 0.05) is 5.02 Å². The van der Waals surface area contributed by atoms with Crippen LogP contribution in [0.25, 0.3) is 16.6 Å². The first kappa shape index (κ1) is 21.9. The molecule has 0 atom stereocenters. The molecule has 0 aliphatic rings. The highest BCUT2D eigenvalue weighted by atomic mass is 35.5. The van der Waals surface area contributed by atoms with Crippen LogP contribution in [0, 0.1) is 0 Å². The first-order chi connectivity index (χ1) is 15.6. The first-order valence-electron chi connectivity index (χ1n) is 9.97. The lowest BCUT2D eigenvalue weighted by Crippen LogP contribution is -2.30. The maximum atomic E-state index is 13.1. The van der Waals surface area contributed by atoms with Crippen LogP contribution in [0.5, 0.6) is 5.75 Å². The number of carbonyl (C=O) groups is 1. The number of hydrogen-bond acceptors (Lipinski definition) is 5. The molecule has 0 spiro atoms. The molecule has 0 unspecified atom stereocenters. The predicted octanol–water partition coefficient (Wildman–Crippen LogP) is 4.33. The first-order valence-corrected chi connectivity index (χ1v) is 11.3. The van der Waals surface area contributed by atoms with Crippen LogP contribution in [0.4, 0.5) is 0 Å². The summed E-state index contributed by atoms with van der Waals surface area (Å²) in [5.74, 6) is 0.639. The average molecular weight is 466 g/mol. The lowest BCUT2D eigenvalue weighted by molar-refractivity contribution is -0.118. The zero-order valence-electron chi connectivity index (χ0n) is 17.0. The summed E-state index contributed by atoms with van der Waals surface area (Å²) in [6.45, 7) is 0.694. The molecule has 1 aromatic heterocycles. The molecule has 0 saturated carbocycles. The van der Waals surface area contributed by atoms with Crippen molar-refractivity contribution >= 4 is 40.2 Å². The van der Waals surface area contributed by atoms with Gasteiger partial charge in [-0.05, 0) is 48.5 Å². The topological polar surface area (TPSA) is 73.2 Å². The molecule has 8 heteroatoms. The van der Waals surface area contributed by atoms with Crippen molar-refractivity contribution < 1.29 is 9.53 Å². The van der Waals surface area contributed by atoms with E-state index in [0.717, 1.165) is 0 Å². The number of fused-ring (bicyclic) bond motifs is 1. The van der Waals surface area contributed by atoms with Crippen molar-refractivity contribution in [1.29, 1.82) is 0 Å². The van der Waals surface area contributed by atoms with Crippen LogP contribution in [0.15, 0.2) is 88.8 Å². The Morgan fingerprint density at radius 1 is 1.00 bits per heavy atom. The van der Waals surface area contributed by atoms with E-state index in [0.29, 0.717) is 45.7 Å². The Labute approximate surface area is 194 Å². The molecule has 1 N–H and O–H groups in total. The van der Waals surface area contributed by atoms with Crippen molar-refractivity contribution in [1.82, 2.24) is 14.9 Å². The minimum absolute atomic E-state index is 0.124. The molecule has 6 nitrogen and oxygen atoms in total. The Kier molecular flexibility index (Phi) is 7.09. The van der Waals surface area contributed by atoms with E-state index in [9.17, 15) is 9.59 Å². The number of thioether (sulfide) groups is 1. The van der Waals surface area contributed by atoms with Gasteiger partial charge in [0.1, 0.15) is 12.4 Å². The standard InChI is InChI=1S/C24H20ClN3O3S/c25-17-10-12-19(13-11-17)31-15-14-26-22(29)16-32-24-27-21-9-5-4-8-20(21)23(30)28(24)18-6-2-1-3-7-18/h1-13H,14-16H2,(H,26,29). The molecule has 0 aliphatic carbocycles. The quantitative estimate of drug-likeness (QED) is 0.238. The number of ether oxygens (including phenoxy) is 1. The van der Waals surface area contributed by atoms with Crippen LogP contribution < -0.4 is 15.6 Å². The lowest BCUT2D eigenvalue weighted by atomic mass is 10.2. The van der Waals surface area contributed by atoms with E-state index >= 15 is 0 Å². The lowest BCUT2D eigenvalue weighted by Gasteiger charge is -2.13. The van der Waals surface area contributed by atoms with Gasteiger partial charge in [0.05, 0.1) is 28.9 Å². The van der Waals surface area contributed by atoms with Gasteiger partial charge in [0.2, 0.25) is 5.91 Å². The summed E-state index contributed by atoms with van der Waals surface area (Å²) < 4.78 is 7.12. The summed E-state index contributed by atoms with van der Waals surface area (Å²) in [4.78, 5) is 30.1. The minimum Gasteiger partial charge on any atom is -0.492 e. The van der Waals surface area contributed by atoms with Crippen LogP contribution >= 0.6 is 23.4 Å². The smallest absolute Gasteiger partial charge is 0.266 e.